The summed E-state index contributed by atoms with van der Waals surface area (Å²) >= 11 is 0. The zero-order chi connectivity index (χ0) is 43.5. The van der Waals surface area contributed by atoms with Crippen LogP contribution in [0.15, 0.2) is 47.4 Å². The van der Waals surface area contributed by atoms with Crippen molar-refractivity contribution in [2.45, 2.75) is 128 Å². The van der Waals surface area contributed by atoms with Gasteiger partial charge in [0.1, 0.15) is 11.8 Å². The average molecular weight is 848 g/mol. The lowest BCUT2D eigenvalue weighted by atomic mass is 9.91. The van der Waals surface area contributed by atoms with E-state index in [4.69, 9.17) is 4.74 Å². The van der Waals surface area contributed by atoms with E-state index < -0.39 is 32.6 Å². The Morgan fingerprint density at radius 3 is 2.31 bits per heavy atom. The Morgan fingerprint density at radius 2 is 1.74 bits per heavy atom. The van der Waals surface area contributed by atoms with Gasteiger partial charge >= 0.3 is 12.3 Å². The standard InChI is InChI=1S/C19H30N2O2.C11H11NO2.C5H8F3NO2.C5H9NO3S.3H2/c1-13-6-3-4-7-15-12-16(15)20-19(23)17-8-5-9-21(17)18(22)11-14(2)10-13;1-2-14-10-7-12-11(13)9-6-4-3-5-8(9)10;1-4(2,5(6,7)8)11-3(9)10;1-5(2-3-5)10(8,9)6-4-7;;;/h4,7,13-17H,3,5-6,8-12H2,1-2H3,(H,20,23);3-7H,2H2,1H3,(H,12,13);1-2H3,(H2,9,10);4H,2-3H2,1H3,(H,6,7);3*1H/b7-4-;;;;;;/t13-,14-,15-,16-,17+;;;;;;/m1....../s1. The van der Waals surface area contributed by atoms with E-state index in [0.29, 0.717) is 49.0 Å². The molecular formula is C40H64F3N5O9S. The smallest absolute Gasteiger partial charge is 0.427 e. The monoisotopic (exact) mass is 847 g/mol. The number of ether oxygens (including phenoxy) is 2. The number of rotatable bonds is 6. The van der Waals surface area contributed by atoms with Gasteiger partial charge in [-0.2, -0.15) is 13.2 Å². The van der Waals surface area contributed by atoms with Gasteiger partial charge in [-0.1, -0.05) is 44.2 Å². The minimum atomic E-state index is -4.60. The molecule has 14 nitrogen and oxygen atoms in total. The second-order valence-corrected chi connectivity index (χ2v) is 18.2. The molecule has 58 heavy (non-hydrogen) atoms. The maximum absolute atomic E-state index is 12.6. The zero-order valence-corrected chi connectivity index (χ0v) is 34.8. The molecule has 2 saturated carbocycles. The quantitative estimate of drug-likeness (QED) is 0.183. The third kappa shape index (κ3) is 13.8. The summed E-state index contributed by atoms with van der Waals surface area (Å²) in [6.07, 6.45) is 8.41. The first-order chi connectivity index (χ1) is 27.1. The first-order valence-electron chi connectivity index (χ1n) is 19.6. The number of pyridine rings is 1. The van der Waals surface area contributed by atoms with E-state index in [-0.39, 0.29) is 40.1 Å². The van der Waals surface area contributed by atoms with Gasteiger partial charge in [0.05, 0.1) is 16.7 Å². The Labute approximate surface area is 342 Å². The van der Waals surface area contributed by atoms with Crippen molar-refractivity contribution in [3.8, 4) is 5.75 Å². The molecule has 2 aromatic rings. The van der Waals surface area contributed by atoms with Crippen molar-refractivity contribution in [3.63, 3.8) is 0 Å². The van der Waals surface area contributed by atoms with Crippen LogP contribution in [0, 0.1) is 17.8 Å². The molecule has 0 radical (unpaired) electrons. The number of nitrogens with one attached hydrogen (secondary N) is 3. The van der Waals surface area contributed by atoms with E-state index in [1.807, 2.05) is 34.7 Å². The Bertz CT molecular complexity index is 1950. The van der Waals surface area contributed by atoms with Gasteiger partial charge in [0.2, 0.25) is 33.8 Å². The molecule has 4 amide bonds. The predicted octanol–water partition coefficient (Wildman–Crippen LogP) is 6.59. The fourth-order valence-corrected chi connectivity index (χ4v) is 7.63. The molecule has 5 N–H and O–H groups in total. The number of allylic oxidation sites excluding steroid dienone is 1. The maximum atomic E-state index is 12.6. The van der Waals surface area contributed by atoms with Gasteiger partial charge in [0, 0.05) is 34.9 Å². The second kappa shape index (κ2) is 20.4. The minimum absolute atomic E-state index is 0. The summed E-state index contributed by atoms with van der Waals surface area (Å²) in [5.74, 6) is 2.50. The van der Waals surface area contributed by atoms with E-state index in [9.17, 15) is 45.6 Å². The molecular weight excluding hydrogens is 784 g/mol. The van der Waals surface area contributed by atoms with Crippen LogP contribution in [-0.4, -0.2) is 84.4 Å². The van der Waals surface area contributed by atoms with Crippen LogP contribution in [0.2, 0.25) is 0 Å². The van der Waals surface area contributed by atoms with Crippen LogP contribution in [0.4, 0.5) is 18.0 Å². The normalized spacial score (nSPS) is 24.7. The van der Waals surface area contributed by atoms with Crippen molar-refractivity contribution >= 4 is 45.1 Å². The van der Waals surface area contributed by atoms with Crippen molar-refractivity contribution in [2.75, 3.05) is 13.2 Å². The van der Waals surface area contributed by atoms with Gasteiger partial charge in [-0.05, 0) is 103 Å². The SMILES string of the molecule is CC(C)(OC(N)=O)C(F)(F)F.CC1(S(=O)(=O)NC=O)CC1.CCOc1c[nH]c(=O)c2ccccc12.C[C@@H]1CC/C=C\[C@@H]2C[C@H]2NC(=O)[C@@H]2CCCN2C(=O)C[C@H](C)C1.[HH].[HH].[HH]. The number of carbonyl (C=O) groups is 4. The van der Waals surface area contributed by atoms with Crippen LogP contribution >= 0.6 is 0 Å². The second-order valence-electron chi connectivity index (χ2n) is 16.0. The largest absolute Gasteiger partial charge is 0.492 e. The molecule has 3 heterocycles. The fourth-order valence-electron chi connectivity index (χ4n) is 6.58. The lowest BCUT2D eigenvalue weighted by molar-refractivity contribution is -0.243. The van der Waals surface area contributed by atoms with E-state index in [1.165, 1.54) is 6.42 Å². The highest BCUT2D eigenvalue weighted by Gasteiger charge is 2.51. The minimum Gasteiger partial charge on any atom is -0.492 e. The third-order valence-electron chi connectivity index (χ3n) is 10.5. The molecule has 2 aliphatic heterocycles. The van der Waals surface area contributed by atoms with Gasteiger partial charge in [-0.25, -0.2) is 13.2 Å². The summed E-state index contributed by atoms with van der Waals surface area (Å²) in [5.41, 5.74) is 1.82. The number of carbonyl (C=O) groups excluding carboxylic acids is 4. The molecule has 3 fully saturated rings. The van der Waals surface area contributed by atoms with Crippen molar-refractivity contribution < 1.29 is 54.5 Å². The summed E-state index contributed by atoms with van der Waals surface area (Å²) in [6, 6.07) is 7.46. The topological polar surface area (TPSA) is 207 Å². The van der Waals surface area contributed by atoms with Crippen molar-refractivity contribution in [1.82, 2.24) is 19.9 Å². The number of sulfonamides is 1. The first-order valence-corrected chi connectivity index (χ1v) is 21.0. The number of nitrogens with two attached hydrogens (primary N) is 1. The van der Waals surface area contributed by atoms with E-state index in [2.05, 4.69) is 46.8 Å². The van der Waals surface area contributed by atoms with Gasteiger partial charge < -0.3 is 30.4 Å². The van der Waals surface area contributed by atoms with Gasteiger partial charge in [-0.15, -0.1) is 0 Å². The van der Waals surface area contributed by atoms with Gasteiger partial charge in [0.25, 0.3) is 5.56 Å². The van der Waals surface area contributed by atoms with Crippen molar-refractivity contribution in [1.29, 1.82) is 0 Å². The summed E-state index contributed by atoms with van der Waals surface area (Å²) in [7, 11) is -3.35. The highest BCUT2D eigenvalue weighted by atomic mass is 32.2. The van der Waals surface area contributed by atoms with E-state index in [0.717, 1.165) is 63.6 Å². The molecule has 2 aliphatic carbocycles. The Morgan fingerprint density at radius 1 is 1.09 bits per heavy atom. The molecule has 18 heteroatoms. The fraction of sp³-hybridized carbons (Fsp3) is 0.625. The van der Waals surface area contributed by atoms with Crippen molar-refractivity contribution in [3.05, 3.63) is 53.0 Å². The maximum Gasteiger partial charge on any atom is 0.427 e. The molecule has 1 saturated heterocycles. The van der Waals surface area contributed by atoms with Crippen LogP contribution in [0.25, 0.3) is 10.8 Å². The van der Waals surface area contributed by atoms with E-state index in [1.54, 1.807) is 19.2 Å². The van der Waals surface area contributed by atoms with E-state index >= 15 is 0 Å². The highest BCUT2D eigenvalue weighted by Crippen LogP contribution is 2.42. The molecule has 6 rings (SSSR count). The number of halogens is 3. The molecule has 0 unspecified atom stereocenters. The number of H-pyrrole nitrogens is 1. The highest BCUT2D eigenvalue weighted by molar-refractivity contribution is 7.91. The van der Waals surface area contributed by atoms with Crippen LogP contribution in [0.3, 0.4) is 0 Å². The van der Waals surface area contributed by atoms with Gasteiger partial charge in [0.15, 0.2) is 0 Å². The first kappa shape index (κ1) is 47.8. The van der Waals surface area contributed by atoms with Crippen LogP contribution in [-0.2, 0) is 29.1 Å². The Kier molecular flexibility index (Phi) is 16.8. The number of nitrogens with zero attached hydrogens (tertiary/aromatic N) is 1. The number of fused-ring (bicyclic) bond motifs is 3. The molecule has 1 aromatic heterocycles. The summed E-state index contributed by atoms with van der Waals surface area (Å²) in [5, 5.41) is 4.68. The van der Waals surface area contributed by atoms with Crippen molar-refractivity contribution in [2.24, 2.45) is 23.5 Å². The lowest BCUT2D eigenvalue weighted by Gasteiger charge is -2.26. The number of amides is 4. The third-order valence-corrected chi connectivity index (χ3v) is 12.6. The number of alkyl halides is 3. The average Bonchev–Trinajstić information content (AvgIpc) is 4.01. The molecule has 0 spiro atoms. The summed E-state index contributed by atoms with van der Waals surface area (Å²) in [4.78, 5) is 60.8. The number of hydrogen-bond acceptors (Lipinski definition) is 9. The number of hydrogen-bond donors (Lipinski definition) is 4. The zero-order valence-electron chi connectivity index (χ0n) is 34.0. The number of aromatic nitrogens is 1. The van der Waals surface area contributed by atoms with Crippen LogP contribution < -0.4 is 26.1 Å². The van der Waals surface area contributed by atoms with Crippen LogP contribution in [0.1, 0.15) is 104 Å². The molecule has 330 valence electrons. The number of primary amides is 1. The Hall–Kier alpha value is -4.61. The van der Waals surface area contributed by atoms with Gasteiger partial charge in [-0.3, -0.25) is 23.9 Å². The molecule has 1 aromatic carbocycles. The predicted molar refractivity (Wildman–Crippen MR) is 219 cm³/mol. The Balaban J connectivity index is 0.000000824. The summed E-state index contributed by atoms with van der Waals surface area (Å²) < 4.78 is 67.9. The molecule has 0 bridgehead atoms. The van der Waals surface area contributed by atoms with Crippen LogP contribution in [0.5, 0.6) is 5.75 Å². The number of benzene rings is 1. The lowest BCUT2D eigenvalue weighted by Crippen LogP contribution is -2.47. The molecule has 4 aliphatic rings. The number of aromatic amines is 1. The summed E-state index contributed by atoms with van der Waals surface area (Å²) in [6.45, 7) is 10.8. The molecule has 5 atom stereocenters.